The monoisotopic (exact) mass is 231 g/mol. The van der Waals surface area contributed by atoms with Gasteiger partial charge in [0.05, 0.1) is 23.1 Å². The summed E-state index contributed by atoms with van der Waals surface area (Å²) < 4.78 is 0. The Hall–Kier alpha value is -1.81. The van der Waals surface area contributed by atoms with E-state index in [-0.39, 0.29) is 12.6 Å². The number of aliphatic hydroxyl groups excluding tert-OH is 1. The lowest BCUT2D eigenvalue weighted by atomic mass is 10.1. The molecule has 1 unspecified atom stereocenters. The molecule has 0 radical (unpaired) electrons. The SMILES string of the molecule is CC(CCO)Nc1c(N)cnc2ccccc12. The Balaban J connectivity index is 2.40. The van der Waals surface area contributed by atoms with Gasteiger partial charge >= 0.3 is 0 Å². The summed E-state index contributed by atoms with van der Waals surface area (Å²) in [6.45, 7) is 2.18. The molecular formula is C13H17N3O. The zero-order valence-corrected chi connectivity index (χ0v) is 9.85. The van der Waals surface area contributed by atoms with Crippen molar-refractivity contribution < 1.29 is 5.11 Å². The minimum absolute atomic E-state index is 0.164. The summed E-state index contributed by atoms with van der Waals surface area (Å²) in [4.78, 5) is 4.28. The smallest absolute Gasteiger partial charge is 0.0743 e. The van der Waals surface area contributed by atoms with Crippen molar-refractivity contribution in [3.05, 3.63) is 30.5 Å². The van der Waals surface area contributed by atoms with Gasteiger partial charge in [-0.15, -0.1) is 0 Å². The molecule has 0 aliphatic carbocycles. The summed E-state index contributed by atoms with van der Waals surface area (Å²) in [6, 6.07) is 8.04. The molecule has 4 heteroatoms. The fourth-order valence-corrected chi connectivity index (χ4v) is 1.83. The number of aromatic nitrogens is 1. The maximum absolute atomic E-state index is 8.91. The third kappa shape index (κ3) is 2.47. The second kappa shape index (κ2) is 5.01. The molecule has 4 N–H and O–H groups in total. The minimum Gasteiger partial charge on any atom is -0.396 e. The highest BCUT2D eigenvalue weighted by atomic mass is 16.3. The summed E-state index contributed by atoms with van der Waals surface area (Å²) in [5, 5.41) is 13.3. The number of hydrogen-bond donors (Lipinski definition) is 3. The molecule has 1 aromatic carbocycles. The van der Waals surface area contributed by atoms with Crippen LogP contribution in [-0.4, -0.2) is 22.7 Å². The van der Waals surface area contributed by atoms with Gasteiger partial charge in [-0.05, 0) is 19.4 Å². The third-order valence-corrected chi connectivity index (χ3v) is 2.76. The first-order chi connectivity index (χ1) is 8.22. The number of benzene rings is 1. The number of nitrogens with two attached hydrogens (primary N) is 1. The lowest BCUT2D eigenvalue weighted by Gasteiger charge is -2.17. The number of pyridine rings is 1. The number of nitrogens with zero attached hydrogens (tertiary/aromatic N) is 1. The van der Waals surface area contributed by atoms with Gasteiger partial charge in [0.25, 0.3) is 0 Å². The highest BCUT2D eigenvalue weighted by molar-refractivity contribution is 5.96. The van der Waals surface area contributed by atoms with Gasteiger partial charge in [-0.3, -0.25) is 4.98 Å². The molecule has 2 rings (SSSR count). The van der Waals surface area contributed by atoms with E-state index in [4.69, 9.17) is 10.8 Å². The fraction of sp³-hybridized carbons (Fsp3) is 0.308. The van der Waals surface area contributed by atoms with Gasteiger partial charge in [-0.1, -0.05) is 18.2 Å². The van der Waals surface area contributed by atoms with Crippen LogP contribution in [-0.2, 0) is 0 Å². The number of rotatable bonds is 4. The third-order valence-electron chi connectivity index (χ3n) is 2.76. The van der Waals surface area contributed by atoms with Crippen molar-refractivity contribution >= 4 is 22.3 Å². The normalized spacial score (nSPS) is 12.6. The van der Waals surface area contributed by atoms with Gasteiger partial charge in [0, 0.05) is 18.0 Å². The quantitative estimate of drug-likeness (QED) is 0.752. The standard InChI is InChI=1S/C13H17N3O/c1-9(6-7-17)16-13-10-4-2-3-5-12(10)15-8-11(13)14/h2-5,8-9,17H,6-7,14H2,1H3,(H,15,16). The second-order valence-corrected chi connectivity index (χ2v) is 4.16. The van der Waals surface area contributed by atoms with Crippen LogP contribution in [0.2, 0.25) is 0 Å². The average molecular weight is 231 g/mol. The summed E-state index contributed by atoms with van der Waals surface area (Å²) in [5.41, 5.74) is 8.39. The van der Waals surface area contributed by atoms with Crippen LogP contribution in [0.1, 0.15) is 13.3 Å². The van der Waals surface area contributed by atoms with Gasteiger partial charge in [0.2, 0.25) is 0 Å². The van der Waals surface area contributed by atoms with E-state index < -0.39 is 0 Å². The summed E-state index contributed by atoms with van der Waals surface area (Å²) in [6.07, 6.45) is 2.35. The Morgan fingerprint density at radius 1 is 1.41 bits per heavy atom. The number of nitrogens with one attached hydrogen (secondary N) is 1. The molecule has 0 fully saturated rings. The Morgan fingerprint density at radius 3 is 2.94 bits per heavy atom. The van der Waals surface area contributed by atoms with Crippen molar-refractivity contribution in [2.75, 3.05) is 17.7 Å². The molecular weight excluding hydrogens is 214 g/mol. The van der Waals surface area contributed by atoms with Crippen molar-refractivity contribution in [1.29, 1.82) is 0 Å². The molecule has 4 nitrogen and oxygen atoms in total. The Morgan fingerprint density at radius 2 is 2.18 bits per heavy atom. The van der Waals surface area contributed by atoms with Crippen LogP contribution in [0.4, 0.5) is 11.4 Å². The molecule has 2 aromatic rings. The Labute approximate surface area is 100 Å². The van der Waals surface area contributed by atoms with E-state index in [2.05, 4.69) is 10.3 Å². The van der Waals surface area contributed by atoms with Crippen LogP contribution in [0.25, 0.3) is 10.9 Å². The number of hydrogen-bond acceptors (Lipinski definition) is 4. The summed E-state index contributed by atoms with van der Waals surface area (Å²) >= 11 is 0. The predicted molar refractivity (Wildman–Crippen MR) is 70.9 cm³/mol. The maximum Gasteiger partial charge on any atom is 0.0743 e. The lowest BCUT2D eigenvalue weighted by Crippen LogP contribution is -2.17. The van der Waals surface area contributed by atoms with E-state index in [1.54, 1.807) is 6.20 Å². The molecule has 0 spiro atoms. The molecule has 1 aromatic heterocycles. The van der Waals surface area contributed by atoms with Gasteiger partial charge in [0.15, 0.2) is 0 Å². The number of fused-ring (bicyclic) bond motifs is 1. The maximum atomic E-state index is 8.91. The molecule has 0 amide bonds. The van der Waals surface area contributed by atoms with Crippen LogP contribution >= 0.6 is 0 Å². The number of para-hydroxylation sites is 1. The second-order valence-electron chi connectivity index (χ2n) is 4.16. The molecule has 90 valence electrons. The number of anilines is 2. The Bertz CT molecular complexity index is 513. The highest BCUT2D eigenvalue weighted by Crippen LogP contribution is 2.28. The molecule has 17 heavy (non-hydrogen) atoms. The van der Waals surface area contributed by atoms with Crippen molar-refractivity contribution in [1.82, 2.24) is 4.98 Å². The molecule has 0 bridgehead atoms. The minimum atomic E-state index is 0.164. The number of nitrogen functional groups attached to an aromatic ring is 1. The largest absolute Gasteiger partial charge is 0.396 e. The van der Waals surface area contributed by atoms with E-state index in [1.165, 1.54) is 0 Å². The first-order valence-corrected chi connectivity index (χ1v) is 5.73. The zero-order valence-electron chi connectivity index (χ0n) is 9.85. The van der Waals surface area contributed by atoms with Crippen molar-refractivity contribution in [2.24, 2.45) is 0 Å². The number of aliphatic hydroxyl groups is 1. The van der Waals surface area contributed by atoms with Gasteiger partial charge < -0.3 is 16.2 Å². The molecule has 0 aliphatic rings. The highest BCUT2D eigenvalue weighted by Gasteiger charge is 2.08. The average Bonchev–Trinajstić information content (AvgIpc) is 2.33. The lowest BCUT2D eigenvalue weighted by molar-refractivity contribution is 0.282. The molecule has 1 heterocycles. The van der Waals surface area contributed by atoms with E-state index >= 15 is 0 Å². The van der Waals surface area contributed by atoms with E-state index in [0.29, 0.717) is 12.1 Å². The van der Waals surface area contributed by atoms with E-state index in [1.807, 2.05) is 31.2 Å². The predicted octanol–water partition coefficient (Wildman–Crippen LogP) is 2.00. The van der Waals surface area contributed by atoms with Crippen molar-refractivity contribution in [2.45, 2.75) is 19.4 Å². The molecule has 1 atom stereocenters. The van der Waals surface area contributed by atoms with Gasteiger partial charge in [0.1, 0.15) is 0 Å². The first-order valence-electron chi connectivity index (χ1n) is 5.73. The Kier molecular flexibility index (Phi) is 3.44. The zero-order chi connectivity index (χ0) is 12.3. The summed E-state index contributed by atoms with van der Waals surface area (Å²) in [7, 11) is 0. The van der Waals surface area contributed by atoms with Crippen LogP contribution in [0.3, 0.4) is 0 Å². The van der Waals surface area contributed by atoms with Crippen LogP contribution in [0.15, 0.2) is 30.5 Å². The van der Waals surface area contributed by atoms with Crippen LogP contribution < -0.4 is 11.1 Å². The molecule has 0 saturated heterocycles. The topological polar surface area (TPSA) is 71.2 Å². The van der Waals surface area contributed by atoms with E-state index in [0.717, 1.165) is 16.6 Å². The van der Waals surface area contributed by atoms with Gasteiger partial charge in [-0.2, -0.15) is 0 Å². The molecule has 0 aliphatic heterocycles. The van der Waals surface area contributed by atoms with Crippen LogP contribution in [0.5, 0.6) is 0 Å². The van der Waals surface area contributed by atoms with Crippen LogP contribution in [0, 0.1) is 0 Å². The van der Waals surface area contributed by atoms with E-state index in [9.17, 15) is 0 Å². The summed E-state index contributed by atoms with van der Waals surface area (Å²) in [5.74, 6) is 0. The fourth-order valence-electron chi connectivity index (χ4n) is 1.83. The van der Waals surface area contributed by atoms with Gasteiger partial charge in [-0.25, -0.2) is 0 Å². The first kappa shape index (κ1) is 11.7. The van der Waals surface area contributed by atoms with Crippen molar-refractivity contribution in [3.8, 4) is 0 Å². The molecule has 0 saturated carbocycles. The van der Waals surface area contributed by atoms with Crippen molar-refractivity contribution in [3.63, 3.8) is 0 Å².